The van der Waals surface area contributed by atoms with Gasteiger partial charge in [-0.2, -0.15) is 11.8 Å². The highest BCUT2D eigenvalue weighted by Gasteiger charge is 2.18. The Morgan fingerprint density at radius 2 is 2.00 bits per heavy atom. The zero-order chi connectivity index (χ0) is 12.8. The lowest BCUT2D eigenvalue weighted by atomic mass is 9.90. The molecule has 0 heterocycles. The van der Waals surface area contributed by atoms with Crippen LogP contribution in [0.1, 0.15) is 40.5 Å². The van der Waals surface area contributed by atoms with Crippen LogP contribution in [0.3, 0.4) is 0 Å². The van der Waals surface area contributed by atoms with Crippen LogP contribution in [0.25, 0.3) is 0 Å². The van der Waals surface area contributed by atoms with Crippen molar-refractivity contribution in [3.8, 4) is 0 Å². The summed E-state index contributed by atoms with van der Waals surface area (Å²) in [6, 6.07) is 0.0208. The Morgan fingerprint density at radius 3 is 2.38 bits per heavy atom. The van der Waals surface area contributed by atoms with E-state index in [1.807, 2.05) is 13.2 Å². The average Bonchev–Trinajstić information content (AvgIpc) is 2.15. The molecule has 16 heavy (non-hydrogen) atoms. The summed E-state index contributed by atoms with van der Waals surface area (Å²) < 4.78 is 0. The monoisotopic (exact) mass is 247 g/mol. The maximum absolute atomic E-state index is 11.6. The fourth-order valence-electron chi connectivity index (χ4n) is 1.34. The quantitative estimate of drug-likeness (QED) is 0.755. The molecule has 0 bridgehead atoms. The second-order valence-electron chi connectivity index (χ2n) is 5.37. The summed E-state index contributed by atoms with van der Waals surface area (Å²) in [5.41, 5.74) is 0.191. The number of rotatable bonds is 6. The second-order valence-corrected chi connectivity index (χ2v) is 6.45. The minimum atomic E-state index is 0.0208. The molecule has 1 amide bonds. The van der Waals surface area contributed by atoms with Gasteiger partial charge in [-0.3, -0.25) is 4.79 Å². The molecule has 0 aliphatic carbocycles. The van der Waals surface area contributed by atoms with Gasteiger partial charge in [0.1, 0.15) is 0 Å². The van der Waals surface area contributed by atoms with E-state index in [-0.39, 0.29) is 29.2 Å². The summed E-state index contributed by atoms with van der Waals surface area (Å²) in [6.45, 7) is 8.42. The van der Waals surface area contributed by atoms with Gasteiger partial charge < -0.3 is 10.4 Å². The SMILES string of the molecule is CSC(CO)C(C)NC(=O)CCC(C)(C)C. The normalized spacial score (nSPS) is 15.6. The predicted molar refractivity (Wildman–Crippen MR) is 70.7 cm³/mol. The van der Waals surface area contributed by atoms with Gasteiger partial charge in [0.05, 0.1) is 6.61 Å². The van der Waals surface area contributed by atoms with Crippen LogP contribution < -0.4 is 5.32 Å². The van der Waals surface area contributed by atoms with Crippen LogP contribution in [-0.4, -0.2) is 35.2 Å². The Hall–Kier alpha value is -0.220. The number of hydrogen-bond acceptors (Lipinski definition) is 3. The van der Waals surface area contributed by atoms with Crippen molar-refractivity contribution in [3.05, 3.63) is 0 Å². The van der Waals surface area contributed by atoms with Crippen LogP contribution in [0.5, 0.6) is 0 Å². The molecular formula is C12H25NO2S. The molecule has 4 heteroatoms. The molecule has 0 aromatic rings. The van der Waals surface area contributed by atoms with Crippen LogP contribution in [0.2, 0.25) is 0 Å². The van der Waals surface area contributed by atoms with Crippen molar-refractivity contribution >= 4 is 17.7 Å². The van der Waals surface area contributed by atoms with Crippen LogP contribution in [0.4, 0.5) is 0 Å². The third-order valence-corrected chi connectivity index (χ3v) is 3.69. The van der Waals surface area contributed by atoms with Gasteiger partial charge in [0.25, 0.3) is 0 Å². The predicted octanol–water partition coefficient (Wildman–Crippen LogP) is 2.04. The third kappa shape index (κ3) is 7.12. The number of aliphatic hydroxyl groups excluding tert-OH is 1. The molecule has 0 spiro atoms. The molecule has 0 radical (unpaired) electrons. The first-order valence-electron chi connectivity index (χ1n) is 5.73. The highest BCUT2D eigenvalue weighted by atomic mass is 32.2. The van der Waals surface area contributed by atoms with Crippen LogP contribution in [0, 0.1) is 5.41 Å². The lowest BCUT2D eigenvalue weighted by Crippen LogP contribution is -2.41. The van der Waals surface area contributed by atoms with Crippen LogP contribution >= 0.6 is 11.8 Å². The van der Waals surface area contributed by atoms with Crippen LogP contribution in [0.15, 0.2) is 0 Å². The number of hydrogen-bond donors (Lipinski definition) is 2. The van der Waals surface area contributed by atoms with E-state index in [2.05, 4.69) is 26.1 Å². The molecule has 0 aromatic heterocycles. The zero-order valence-electron chi connectivity index (χ0n) is 11.0. The summed E-state index contributed by atoms with van der Waals surface area (Å²) in [5, 5.41) is 12.1. The van der Waals surface area contributed by atoms with Gasteiger partial charge >= 0.3 is 0 Å². The van der Waals surface area contributed by atoms with Gasteiger partial charge in [-0.05, 0) is 25.0 Å². The summed E-state index contributed by atoms with van der Waals surface area (Å²) >= 11 is 1.58. The summed E-state index contributed by atoms with van der Waals surface area (Å²) in [6.07, 6.45) is 3.38. The standard InChI is InChI=1S/C12H25NO2S/c1-9(10(8-14)16-5)13-11(15)6-7-12(2,3)4/h9-10,14H,6-8H2,1-5H3,(H,13,15). The average molecular weight is 247 g/mol. The molecule has 2 N–H and O–H groups in total. The molecule has 3 nitrogen and oxygen atoms in total. The lowest BCUT2D eigenvalue weighted by Gasteiger charge is -2.23. The molecule has 2 atom stereocenters. The molecule has 0 aliphatic heterocycles. The van der Waals surface area contributed by atoms with Gasteiger partial charge in [0, 0.05) is 17.7 Å². The second kappa shape index (κ2) is 7.17. The Morgan fingerprint density at radius 1 is 1.44 bits per heavy atom. The van der Waals surface area contributed by atoms with E-state index in [9.17, 15) is 4.79 Å². The van der Waals surface area contributed by atoms with E-state index in [1.54, 1.807) is 11.8 Å². The van der Waals surface area contributed by atoms with Crippen molar-refractivity contribution in [2.75, 3.05) is 12.9 Å². The minimum Gasteiger partial charge on any atom is -0.395 e. The third-order valence-electron chi connectivity index (χ3n) is 2.53. The Labute approximate surface area is 103 Å². The minimum absolute atomic E-state index is 0.0208. The molecule has 2 unspecified atom stereocenters. The number of thioether (sulfide) groups is 1. The first kappa shape index (κ1) is 15.8. The molecule has 0 aromatic carbocycles. The van der Waals surface area contributed by atoms with Crippen molar-refractivity contribution in [2.24, 2.45) is 5.41 Å². The van der Waals surface area contributed by atoms with Gasteiger partial charge in [-0.1, -0.05) is 20.8 Å². The Balaban J connectivity index is 3.95. The van der Waals surface area contributed by atoms with E-state index in [0.29, 0.717) is 6.42 Å². The van der Waals surface area contributed by atoms with Crippen molar-refractivity contribution in [3.63, 3.8) is 0 Å². The maximum Gasteiger partial charge on any atom is 0.220 e. The summed E-state index contributed by atoms with van der Waals surface area (Å²) in [4.78, 5) is 11.6. The van der Waals surface area contributed by atoms with Gasteiger partial charge in [0.2, 0.25) is 5.91 Å². The summed E-state index contributed by atoms with van der Waals surface area (Å²) in [5.74, 6) is 0.0786. The largest absolute Gasteiger partial charge is 0.395 e. The Bertz CT molecular complexity index is 210. The molecule has 0 rings (SSSR count). The molecular weight excluding hydrogens is 222 g/mol. The molecule has 0 saturated carbocycles. The molecule has 96 valence electrons. The molecule has 0 aliphatic rings. The van der Waals surface area contributed by atoms with E-state index in [1.165, 1.54) is 0 Å². The van der Waals surface area contributed by atoms with E-state index >= 15 is 0 Å². The van der Waals surface area contributed by atoms with Crippen molar-refractivity contribution < 1.29 is 9.90 Å². The van der Waals surface area contributed by atoms with Gasteiger partial charge in [-0.15, -0.1) is 0 Å². The van der Waals surface area contributed by atoms with Crippen molar-refractivity contribution in [2.45, 2.75) is 51.8 Å². The number of carbonyl (C=O) groups is 1. The lowest BCUT2D eigenvalue weighted by molar-refractivity contribution is -0.122. The fraction of sp³-hybridized carbons (Fsp3) is 0.917. The van der Waals surface area contributed by atoms with Crippen molar-refractivity contribution in [1.82, 2.24) is 5.32 Å². The van der Waals surface area contributed by atoms with Crippen molar-refractivity contribution in [1.29, 1.82) is 0 Å². The number of amides is 1. The smallest absolute Gasteiger partial charge is 0.220 e. The number of carbonyl (C=O) groups excluding carboxylic acids is 1. The fourth-order valence-corrected chi connectivity index (χ4v) is 1.97. The topological polar surface area (TPSA) is 49.3 Å². The highest BCUT2D eigenvalue weighted by molar-refractivity contribution is 7.99. The molecule has 0 fully saturated rings. The summed E-state index contributed by atoms with van der Waals surface area (Å²) in [7, 11) is 0. The maximum atomic E-state index is 11.6. The first-order valence-corrected chi connectivity index (χ1v) is 7.02. The van der Waals surface area contributed by atoms with Crippen LogP contribution in [-0.2, 0) is 4.79 Å². The van der Waals surface area contributed by atoms with E-state index < -0.39 is 0 Å². The highest BCUT2D eigenvalue weighted by Crippen LogP contribution is 2.20. The van der Waals surface area contributed by atoms with Gasteiger partial charge in [-0.25, -0.2) is 0 Å². The number of nitrogens with one attached hydrogen (secondary N) is 1. The molecule has 0 saturated heterocycles. The van der Waals surface area contributed by atoms with E-state index in [4.69, 9.17) is 5.11 Å². The van der Waals surface area contributed by atoms with E-state index in [0.717, 1.165) is 6.42 Å². The van der Waals surface area contributed by atoms with Gasteiger partial charge in [0.15, 0.2) is 0 Å². The number of aliphatic hydroxyl groups is 1. The first-order chi connectivity index (χ1) is 7.30. The Kier molecular flexibility index (Phi) is 7.07. The zero-order valence-corrected chi connectivity index (χ0v) is 11.9.